The second-order valence-corrected chi connectivity index (χ2v) is 7.32. The van der Waals surface area contributed by atoms with Gasteiger partial charge < -0.3 is 9.94 Å². The molecule has 0 aromatic heterocycles. The molecule has 0 fully saturated rings. The zero-order chi connectivity index (χ0) is 16.6. The van der Waals surface area contributed by atoms with Crippen LogP contribution in [0, 0.1) is 6.92 Å². The SMILES string of the molecule is Cc1ccc(S(=O)(=O)OCCC(C)(C)OCCCNO)cc1. The lowest BCUT2D eigenvalue weighted by atomic mass is 10.1. The molecule has 0 aliphatic heterocycles. The van der Waals surface area contributed by atoms with Crippen LogP contribution >= 0.6 is 0 Å². The highest BCUT2D eigenvalue weighted by Gasteiger charge is 2.21. The molecule has 0 unspecified atom stereocenters. The van der Waals surface area contributed by atoms with Gasteiger partial charge in [0.25, 0.3) is 10.1 Å². The maximum Gasteiger partial charge on any atom is 0.296 e. The van der Waals surface area contributed by atoms with Crippen LogP contribution in [0.3, 0.4) is 0 Å². The summed E-state index contributed by atoms with van der Waals surface area (Å²) in [7, 11) is -3.73. The second kappa shape index (κ2) is 8.59. The van der Waals surface area contributed by atoms with E-state index in [1.807, 2.05) is 20.8 Å². The molecule has 0 saturated carbocycles. The van der Waals surface area contributed by atoms with Gasteiger partial charge in [0.15, 0.2) is 0 Å². The van der Waals surface area contributed by atoms with E-state index in [1.165, 1.54) is 12.1 Å². The molecular formula is C15H25NO5S. The van der Waals surface area contributed by atoms with Crippen molar-refractivity contribution in [1.82, 2.24) is 5.48 Å². The van der Waals surface area contributed by atoms with E-state index in [0.29, 0.717) is 26.0 Å². The summed E-state index contributed by atoms with van der Waals surface area (Å²) in [6.45, 7) is 6.63. The molecular weight excluding hydrogens is 306 g/mol. The maximum absolute atomic E-state index is 12.0. The van der Waals surface area contributed by atoms with E-state index in [-0.39, 0.29) is 11.5 Å². The molecule has 0 aliphatic rings. The highest BCUT2D eigenvalue weighted by Crippen LogP contribution is 2.18. The lowest BCUT2D eigenvalue weighted by molar-refractivity contribution is -0.0331. The highest BCUT2D eigenvalue weighted by molar-refractivity contribution is 7.86. The summed E-state index contributed by atoms with van der Waals surface area (Å²) < 4.78 is 34.8. The van der Waals surface area contributed by atoms with Crippen LogP contribution in [-0.4, -0.2) is 39.0 Å². The van der Waals surface area contributed by atoms with E-state index < -0.39 is 15.7 Å². The van der Waals surface area contributed by atoms with Gasteiger partial charge >= 0.3 is 0 Å². The minimum Gasteiger partial charge on any atom is -0.375 e. The van der Waals surface area contributed by atoms with Crippen LogP contribution < -0.4 is 5.48 Å². The number of nitrogens with one attached hydrogen (secondary N) is 1. The Bertz CT molecular complexity index is 540. The van der Waals surface area contributed by atoms with Crippen molar-refractivity contribution >= 4 is 10.1 Å². The predicted octanol–water partition coefficient (Wildman–Crippen LogP) is 2.25. The van der Waals surface area contributed by atoms with Gasteiger partial charge in [0.1, 0.15) is 0 Å². The summed E-state index contributed by atoms with van der Waals surface area (Å²) in [6, 6.07) is 6.54. The number of hydrogen-bond donors (Lipinski definition) is 2. The van der Waals surface area contributed by atoms with Crippen molar-refractivity contribution in [2.24, 2.45) is 0 Å². The lowest BCUT2D eigenvalue weighted by Gasteiger charge is -2.25. The molecule has 0 amide bonds. The zero-order valence-electron chi connectivity index (χ0n) is 13.3. The molecule has 6 nitrogen and oxygen atoms in total. The van der Waals surface area contributed by atoms with Crippen LogP contribution in [0.5, 0.6) is 0 Å². The maximum atomic E-state index is 12.0. The Morgan fingerprint density at radius 2 is 1.82 bits per heavy atom. The molecule has 0 spiro atoms. The highest BCUT2D eigenvalue weighted by atomic mass is 32.2. The molecule has 0 radical (unpaired) electrons. The van der Waals surface area contributed by atoms with E-state index in [1.54, 1.807) is 12.1 Å². The van der Waals surface area contributed by atoms with Crippen molar-refractivity contribution in [3.05, 3.63) is 29.8 Å². The molecule has 1 aromatic rings. The summed E-state index contributed by atoms with van der Waals surface area (Å²) in [6.07, 6.45) is 1.12. The third-order valence-corrected chi connectivity index (χ3v) is 4.50. The van der Waals surface area contributed by atoms with Crippen molar-refractivity contribution in [2.45, 2.75) is 44.1 Å². The summed E-state index contributed by atoms with van der Waals surface area (Å²) in [5, 5.41) is 8.46. The average molecular weight is 331 g/mol. The van der Waals surface area contributed by atoms with Gasteiger partial charge in [0, 0.05) is 19.6 Å². The summed E-state index contributed by atoms with van der Waals surface area (Å²) in [5.41, 5.74) is 2.56. The Balaban J connectivity index is 2.43. The van der Waals surface area contributed by atoms with Gasteiger partial charge in [-0.25, -0.2) is 5.48 Å². The Kier molecular flexibility index (Phi) is 7.44. The first kappa shape index (κ1) is 19.1. The normalized spacial score (nSPS) is 12.5. The first-order chi connectivity index (χ1) is 10.3. The van der Waals surface area contributed by atoms with Gasteiger partial charge in [-0.15, -0.1) is 0 Å². The molecule has 0 atom stereocenters. The molecule has 0 saturated heterocycles. The van der Waals surface area contributed by atoms with Crippen LogP contribution in [-0.2, 0) is 19.0 Å². The molecule has 126 valence electrons. The minimum absolute atomic E-state index is 0.0570. The number of hydroxylamine groups is 1. The molecule has 1 rings (SSSR count). The van der Waals surface area contributed by atoms with Crippen LogP contribution in [0.25, 0.3) is 0 Å². The van der Waals surface area contributed by atoms with E-state index in [0.717, 1.165) is 5.56 Å². The average Bonchev–Trinajstić information content (AvgIpc) is 2.44. The first-order valence-electron chi connectivity index (χ1n) is 7.24. The minimum atomic E-state index is -3.73. The number of aryl methyl sites for hydroxylation is 1. The first-order valence-corrected chi connectivity index (χ1v) is 8.65. The summed E-state index contributed by atoms with van der Waals surface area (Å²) >= 11 is 0. The van der Waals surface area contributed by atoms with Gasteiger partial charge in [0.2, 0.25) is 0 Å². The fourth-order valence-electron chi connectivity index (χ4n) is 1.74. The van der Waals surface area contributed by atoms with E-state index in [2.05, 4.69) is 5.48 Å². The quantitative estimate of drug-likeness (QED) is 0.389. The third kappa shape index (κ3) is 6.85. The van der Waals surface area contributed by atoms with Crippen LogP contribution in [0.4, 0.5) is 0 Å². The summed E-state index contributed by atoms with van der Waals surface area (Å²) in [5.74, 6) is 0. The zero-order valence-corrected chi connectivity index (χ0v) is 14.1. The number of ether oxygens (including phenoxy) is 1. The second-order valence-electron chi connectivity index (χ2n) is 5.71. The molecule has 1 aromatic carbocycles. The van der Waals surface area contributed by atoms with Gasteiger partial charge in [-0.05, 0) is 39.3 Å². The van der Waals surface area contributed by atoms with E-state index in [9.17, 15) is 8.42 Å². The van der Waals surface area contributed by atoms with Crippen molar-refractivity contribution < 1.29 is 22.5 Å². The van der Waals surface area contributed by atoms with Crippen molar-refractivity contribution in [3.8, 4) is 0 Å². The van der Waals surface area contributed by atoms with Crippen LogP contribution in [0.2, 0.25) is 0 Å². The monoisotopic (exact) mass is 331 g/mol. The Labute approximate surface area is 132 Å². The largest absolute Gasteiger partial charge is 0.375 e. The molecule has 7 heteroatoms. The molecule has 2 N–H and O–H groups in total. The van der Waals surface area contributed by atoms with Gasteiger partial charge in [0.05, 0.1) is 17.1 Å². The summed E-state index contributed by atoms with van der Waals surface area (Å²) in [4.78, 5) is 0.158. The molecule has 0 bridgehead atoms. The number of rotatable bonds is 10. The van der Waals surface area contributed by atoms with Crippen molar-refractivity contribution in [2.75, 3.05) is 19.8 Å². The van der Waals surface area contributed by atoms with Crippen LogP contribution in [0.15, 0.2) is 29.2 Å². The Morgan fingerprint density at radius 3 is 2.41 bits per heavy atom. The fourth-order valence-corrected chi connectivity index (χ4v) is 2.65. The standard InChI is InChI=1S/C15H25NO5S/c1-13-5-7-14(8-6-13)22(18,19)21-12-9-15(2,3)20-11-4-10-16-17/h5-8,16-17H,4,9-12H2,1-3H3. The topological polar surface area (TPSA) is 84.9 Å². The Morgan fingerprint density at radius 1 is 1.18 bits per heavy atom. The van der Waals surface area contributed by atoms with E-state index >= 15 is 0 Å². The smallest absolute Gasteiger partial charge is 0.296 e. The fraction of sp³-hybridized carbons (Fsp3) is 0.600. The molecule has 22 heavy (non-hydrogen) atoms. The number of benzene rings is 1. The van der Waals surface area contributed by atoms with Crippen molar-refractivity contribution in [1.29, 1.82) is 0 Å². The Hall–Kier alpha value is -0.990. The lowest BCUT2D eigenvalue weighted by Crippen LogP contribution is -2.28. The van der Waals surface area contributed by atoms with Gasteiger partial charge in [-0.3, -0.25) is 4.18 Å². The van der Waals surface area contributed by atoms with Crippen molar-refractivity contribution in [3.63, 3.8) is 0 Å². The molecule has 0 aliphatic carbocycles. The number of hydrogen-bond acceptors (Lipinski definition) is 6. The van der Waals surface area contributed by atoms with Gasteiger partial charge in [-0.2, -0.15) is 8.42 Å². The third-order valence-electron chi connectivity index (χ3n) is 3.18. The molecule has 0 heterocycles. The predicted molar refractivity (Wildman–Crippen MR) is 83.4 cm³/mol. The van der Waals surface area contributed by atoms with E-state index in [4.69, 9.17) is 14.1 Å². The van der Waals surface area contributed by atoms with Crippen LogP contribution in [0.1, 0.15) is 32.3 Å². The van der Waals surface area contributed by atoms with Gasteiger partial charge in [-0.1, -0.05) is 17.7 Å².